The highest BCUT2D eigenvalue weighted by Crippen LogP contribution is 2.53. The van der Waals surface area contributed by atoms with Crippen molar-refractivity contribution >= 4 is 5.78 Å². The van der Waals surface area contributed by atoms with Crippen molar-refractivity contribution in [2.75, 3.05) is 0 Å². The van der Waals surface area contributed by atoms with Crippen LogP contribution in [0.3, 0.4) is 0 Å². The van der Waals surface area contributed by atoms with Gasteiger partial charge in [0.1, 0.15) is 0 Å². The molecule has 0 fully saturated rings. The molecule has 3 atom stereocenters. The number of fused-ring (bicyclic) bond motifs is 2. The lowest BCUT2D eigenvalue weighted by molar-refractivity contribution is -0.114. The normalized spacial score (nSPS) is 30.0. The molecule has 1 aromatic rings. The summed E-state index contributed by atoms with van der Waals surface area (Å²) in [6, 6.07) is 10.9. The van der Waals surface area contributed by atoms with Crippen LogP contribution < -0.4 is 0 Å². The van der Waals surface area contributed by atoms with Crippen LogP contribution in [0.1, 0.15) is 64.4 Å². The zero-order chi connectivity index (χ0) is 18.9. The highest BCUT2D eigenvalue weighted by atomic mass is 16.1. The van der Waals surface area contributed by atoms with Crippen LogP contribution >= 0.6 is 0 Å². The highest BCUT2D eigenvalue weighted by Gasteiger charge is 2.42. The molecule has 3 aliphatic rings. The van der Waals surface area contributed by atoms with E-state index in [0.717, 1.165) is 18.8 Å². The number of allylic oxidation sites excluding steroid dienone is 6. The number of carbonyl (C=O) groups excluding carboxylic acids is 1. The minimum atomic E-state index is 0.303. The maximum Gasteiger partial charge on any atom is 0.156 e. The zero-order valence-electron chi connectivity index (χ0n) is 16.8. The molecule has 1 aromatic carbocycles. The Balaban J connectivity index is 1.58. The Labute approximate surface area is 164 Å². The van der Waals surface area contributed by atoms with Gasteiger partial charge in [0.15, 0.2) is 5.78 Å². The quantitative estimate of drug-likeness (QED) is 0.577. The van der Waals surface area contributed by atoms with Crippen LogP contribution in [0.5, 0.6) is 0 Å². The third-order valence-corrected chi connectivity index (χ3v) is 7.38. The Morgan fingerprint density at radius 2 is 1.93 bits per heavy atom. The summed E-state index contributed by atoms with van der Waals surface area (Å²) in [5, 5.41) is 0. The molecule has 1 unspecified atom stereocenters. The van der Waals surface area contributed by atoms with Crippen molar-refractivity contribution in [1.82, 2.24) is 0 Å². The molecule has 3 aliphatic carbocycles. The van der Waals surface area contributed by atoms with Crippen LogP contribution in [0.15, 0.2) is 65.3 Å². The van der Waals surface area contributed by atoms with E-state index in [2.05, 4.69) is 56.3 Å². The first-order valence-electron chi connectivity index (χ1n) is 10.8. The van der Waals surface area contributed by atoms with E-state index >= 15 is 0 Å². The van der Waals surface area contributed by atoms with Crippen LogP contribution in [0, 0.1) is 17.3 Å². The maximum absolute atomic E-state index is 11.9. The van der Waals surface area contributed by atoms with E-state index in [1.807, 2.05) is 6.08 Å². The fourth-order valence-corrected chi connectivity index (χ4v) is 5.59. The molecule has 0 saturated carbocycles. The van der Waals surface area contributed by atoms with Crippen molar-refractivity contribution in [3.63, 3.8) is 0 Å². The molecule has 1 nitrogen and oxygen atoms in total. The fourth-order valence-electron chi connectivity index (χ4n) is 5.59. The van der Waals surface area contributed by atoms with Crippen LogP contribution in [0.25, 0.3) is 0 Å². The number of ketones is 1. The number of aryl methyl sites for hydroxylation is 1. The number of hydrogen-bond donors (Lipinski definition) is 0. The molecule has 0 amide bonds. The van der Waals surface area contributed by atoms with Gasteiger partial charge in [-0.3, -0.25) is 4.79 Å². The zero-order valence-corrected chi connectivity index (χ0v) is 16.8. The van der Waals surface area contributed by atoms with Gasteiger partial charge in [-0.1, -0.05) is 56.3 Å². The average Bonchev–Trinajstić information content (AvgIpc) is 2.70. The van der Waals surface area contributed by atoms with Crippen molar-refractivity contribution < 1.29 is 4.79 Å². The molecule has 1 heteroatoms. The Kier molecular flexibility index (Phi) is 5.21. The number of carbonyl (C=O) groups is 1. The summed E-state index contributed by atoms with van der Waals surface area (Å²) in [6.07, 6.45) is 15.8. The SMILES string of the molecule is CC[C@@]1(C)C=CC2=C3CCC(=O)C=C3CCC2[C@@H]1CCCc1ccccc1. The molecule has 4 rings (SSSR count). The Morgan fingerprint density at radius 3 is 2.70 bits per heavy atom. The monoisotopic (exact) mass is 360 g/mol. The van der Waals surface area contributed by atoms with Gasteiger partial charge in [-0.05, 0) is 90.6 Å². The Bertz CT molecular complexity index is 795. The predicted molar refractivity (Wildman–Crippen MR) is 112 cm³/mol. The van der Waals surface area contributed by atoms with Gasteiger partial charge in [-0.2, -0.15) is 0 Å². The van der Waals surface area contributed by atoms with Crippen molar-refractivity contribution in [2.24, 2.45) is 17.3 Å². The minimum absolute atomic E-state index is 0.303. The number of benzene rings is 1. The van der Waals surface area contributed by atoms with E-state index in [9.17, 15) is 4.79 Å². The van der Waals surface area contributed by atoms with Crippen molar-refractivity contribution in [3.8, 4) is 0 Å². The second-order valence-corrected chi connectivity index (χ2v) is 8.89. The largest absolute Gasteiger partial charge is 0.295 e. The summed E-state index contributed by atoms with van der Waals surface area (Å²) in [4.78, 5) is 11.9. The molecular weight excluding hydrogens is 328 g/mol. The summed E-state index contributed by atoms with van der Waals surface area (Å²) in [5.41, 5.74) is 6.17. The minimum Gasteiger partial charge on any atom is -0.295 e. The molecular formula is C26H32O. The third-order valence-electron chi connectivity index (χ3n) is 7.38. The van der Waals surface area contributed by atoms with Gasteiger partial charge in [0.2, 0.25) is 0 Å². The predicted octanol–water partition coefficient (Wildman–Crippen LogP) is 6.61. The molecule has 27 heavy (non-hydrogen) atoms. The van der Waals surface area contributed by atoms with Gasteiger partial charge in [-0.25, -0.2) is 0 Å². The summed E-state index contributed by atoms with van der Waals surface area (Å²) < 4.78 is 0. The second-order valence-electron chi connectivity index (χ2n) is 8.89. The summed E-state index contributed by atoms with van der Waals surface area (Å²) in [5.74, 6) is 1.72. The van der Waals surface area contributed by atoms with Gasteiger partial charge in [-0.15, -0.1) is 0 Å². The lowest BCUT2D eigenvalue weighted by atomic mass is 9.57. The van der Waals surface area contributed by atoms with E-state index in [1.165, 1.54) is 48.8 Å². The van der Waals surface area contributed by atoms with Gasteiger partial charge >= 0.3 is 0 Å². The molecule has 0 heterocycles. The summed E-state index contributed by atoms with van der Waals surface area (Å²) in [6.45, 7) is 4.81. The first kappa shape index (κ1) is 18.5. The second kappa shape index (κ2) is 7.62. The third kappa shape index (κ3) is 3.61. The molecule has 0 saturated heterocycles. The highest BCUT2D eigenvalue weighted by molar-refractivity contribution is 5.93. The molecule has 0 N–H and O–H groups in total. The smallest absolute Gasteiger partial charge is 0.156 e. The molecule has 0 radical (unpaired) electrons. The van der Waals surface area contributed by atoms with Gasteiger partial charge in [0, 0.05) is 6.42 Å². The van der Waals surface area contributed by atoms with E-state index < -0.39 is 0 Å². The Hall–Kier alpha value is -1.89. The van der Waals surface area contributed by atoms with E-state index in [4.69, 9.17) is 0 Å². The van der Waals surface area contributed by atoms with Crippen LogP contribution in [-0.2, 0) is 11.2 Å². The van der Waals surface area contributed by atoms with Crippen LogP contribution in [0.4, 0.5) is 0 Å². The van der Waals surface area contributed by atoms with Gasteiger partial charge in [0.25, 0.3) is 0 Å². The topological polar surface area (TPSA) is 17.1 Å². The lowest BCUT2D eigenvalue weighted by Gasteiger charge is -2.47. The lowest BCUT2D eigenvalue weighted by Crippen LogP contribution is -2.37. The van der Waals surface area contributed by atoms with Crippen LogP contribution in [-0.4, -0.2) is 5.78 Å². The van der Waals surface area contributed by atoms with E-state index in [0.29, 0.717) is 23.5 Å². The van der Waals surface area contributed by atoms with Crippen LogP contribution in [0.2, 0.25) is 0 Å². The fraction of sp³-hybridized carbons (Fsp3) is 0.500. The van der Waals surface area contributed by atoms with Crippen molar-refractivity contribution in [2.45, 2.75) is 65.2 Å². The maximum atomic E-state index is 11.9. The molecule has 0 bridgehead atoms. The van der Waals surface area contributed by atoms with Gasteiger partial charge in [0.05, 0.1) is 0 Å². The first-order chi connectivity index (χ1) is 13.1. The molecule has 142 valence electrons. The summed E-state index contributed by atoms with van der Waals surface area (Å²) in [7, 11) is 0. The van der Waals surface area contributed by atoms with Crippen molar-refractivity contribution in [3.05, 3.63) is 70.8 Å². The van der Waals surface area contributed by atoms with E-state index in [-0.39, 0.29) is 0 Å². The van der Waals surface area contributed by atoms with Crippen molar-refractivity contribution in [1.29, 1.82) is 0 Å². The number of hydrogen-bond acceptors (Lipinski definition) is 1. The van der Waals surface area contributed by atoms with E-state index in [1.54, 1.807) is 5.57 Å². The molecule has 0 aromatic heterocycles. The van der Waals surface area contributed by atoms with Gasteiger partial charge < -0.3 is 0 Å². The standard InChI is InChI=1S/C26H32O/c1-3-26(2)17-16-23-22-15-13-21(27)18-20(22)12-14-24(23)25(26)11-7-10-19-8-5-4-6-9-19/h4-6,8-9,16-18,24-25H,3,7,10-15H2,1-2H3/t24?,25-,26-/m0/s1. The first-order valence-corrected chi connectivity index (χ1v) is 10.8. The molecule has 0 aliphatic heterocycles. The molecule has 0 spiro atoms. The average molecular weight is 361 g/mol. The number of rotatable bonds is 5. The Morgan fingerprint density at radius 1 is 1.11 bits per heavy atom. The summed E-state index contributed by atoms with van der Waals surface area (Å²) >= 11 is 0.